The van der Waals surface area contributed by atoms with Gasteiger partial charge in [-0.25, -0.2) is 9.07 Å². The first-order valence-corrected chi connectivity index (χ1v) is 6.84. The van der Waals surface area contributed by atoms with E-state index in [1.54, 1.807) is 4.72 Å². The Kier molecular flexibility index (Phi) is 3.61. The third-order valence-corrected chi connectivity index (χ3v) is 3.91. The second-order valence-electron chi connectivity index (χ2n) is 3.97. The van der Waals surface area contributed by atoms with Crippen LogP contribution in [0.25, 0.3) is 0 Å². The molecule has 2 aromatic rings. The molecular weight excluding hydrogens is 316 g/mol. The van der Waals surface area contributed by atoms with Gasteiger partial charge in [-0.1, -0.05) is 11.3 Å². The van der Waals surface area contributed by atoms with Crippen molar-refractivity contribution in [1.82, 2.24) is 15.0 Å². The molecule has 21 heavy (non-hydrogen) atoms. The third-order valence-electron chi connectivity index (χ3n) is 2.50. The van der Waals surface area contributed by atoms with Crippen LogP contribution in [0.3, 0.4) is 0 Å². The minimum Gasteiger partial charge on any atom is -0.275 e. The highest BCUT2D eigenvalue weighted by Crippen LogP contribution is 2.34. The van der Waals surface area contributed by atoms with Crippen LogP contribution in [-0.4, -0.2) is 23.4 Å². The molecule has 0 aliphatic rings. The van der Waals surface area contributed by atoms with Crippen molar-refractivity contribution in [2.24, 2.45) is 7.05 Å². The number of hydrogen-bond acceptors (Lipinski definition) is 4. The summed E-state index contributed by atoms with van der Waals surface area (Å²) in [5.74, 6) is -1.70. The van der Waals surface area contributed by atoms with E-state index >= 15 is 0 Å². The van der Waals surface area contributed by atoms with Crippen molar-refractivity contribution in [1.29, 1.82) is 0 Å². The number of hydrogen-bond donors (Lipinski definition) is 1. The van der Waals surface area contributed by atoms with Gasteiger partial charge in [0.1, 0.15) is 0 Å². The molecule has 0 atom stereocenters. The maximum Gasteiger partial charge on any atom is 0.419 e. The van der Waals surface area contributed by atoms with E-state index in [1.807, 2.05) is 0 Å². The Morgan fingerprint density at radius 3 is 2.48 bits per heavy atom. The molecule has 0 saturated carbocycles. The lowest BCUT2D eigenvalue weighted by atomic mass is 10.2. The molecule has 0 radical (unpaired) electrons. The number of aromatic nitrogens is 3. The van der Waals surface area contributed by atoms with Gasteiger partial charge >= 0.3 is 6.18 Å². The van der Waals surface area contributed by atoms with Crippen LogP contribution in [0.2, 0.25) is 0 Å². The smallest absolute Gasteiger partial charge is 0.275 e. The first kappa shape index (κ1) is 15.2. The lowest BCUT2D eigenvalue weighted by Crippen LogP contribution is -2.18. The van der Waals surface area contributed by atoms with Crippen molar-refractivity contribution in [2.75, 3.05) is 4.72 Å². The molecule has 0 aliphatic carbocycles. The second-order valence-corrected chi connectivity index (χ2v) is 5.60. The van der Waals surface area contributed by atoms with Crippen LogP contribution in [0.4, 0.5) is 23.2 Å². The maximum atomic E-state index is 13.8. The average molecular weight is 324 g/mol. The van der Waals surface area contributed by atoms with Crippen LogP contribution in [-0.2, 0) is 23.2 Å². The summed E-state index contributed by atoms with van der Waals surface area (Å²) in [5.41, 5.74) is -2.38. The number of aryl methyl sites for hydroxylation is 1. The Hall–Kier alpha value is -2.17. The van der Waals surface area contributed by atoms with E-state index in [-0.39, 0.29) is 0 Å². The SMILES string of the molecule is Cn1nncc1S(=O)(=O)Nc1cccc(C(F)(F)F)c1F. The zero-order valence-electron chi connectivity index (χ0n) is 10.4. The van der Waals surface area contributed by atoms with Crippen molar-refractivity contribution in [3.05, 3.63) is 35.8 Å². The van der Waals surface area contributed by atoms with Gasteiger partial charge in [-0.05, 0) is 12.1 Å². The van der Waals surface area contributed by atoms with Gasteiger partial charge in [0.2, 0.25) is 0 Å². The van der Waals surface area contributed by atoms with Crippen LogP contribution in [0.15, 0.2) is 29.4 Å². The number of rotatable bonds is 3. The highest BCUT2D eigenvalue weighted by molar-refractivity contribution is 7.92. The van der Waals surface area contributed by atoms with E-state index in [4.69, 9.17) is 0 Å². The minimum absolute atomic E-state index is 0.417. The van der Waals surface area contributed by atoms with E-state index in [1.165, 1.54) is 7.05 Å². The second kappa shape index (κ2) is 4.98. The molecule has 1 aromatic carbocycles. The lowest BCUT2D eigenvalue weighted by Gasteiger charge is -2.12. The maximum absolute atomic E-state index is 13.8. The molecule has 0 amide bonds. The van der Waals surface area contributed by atoms with Gasteiger partial charge in [0.25, 0.3) is 10.0 Å². The van der Waals surface area contributed by atoms with Gasteiger partial charge in [0.15, 0.2) is 10.8 Å². The minimum atomic E-state index is -4.93. The number of sulfonamides is 1. The Balaban J connectivity index is 2.44. The number of benzene rings is 1. The van der Waals surface area contributed by atoms with E-state index in [9.17, 15) is 26.0 Å². The largest absolute Gasteiger partial charge is 0.419 e. The van der Waals surface area contributed by atoms with Crippen molar-refractivity contribution in [2.45, 2.75) is 11.2 Å². The normalized spacial score (nSPS) is 12.4. The standard InChI is InChI=1S/C10H8F4N4O2S/c1-18-8(5-15-17-18)21(19,20)16-7-4-2-3-6(9(7)11)10(12,13)14/h2-5,16H,1H3. The molecular formula is C10H8F4N4O2S. The molecule has 2 rings (SSSR count). The summed E-state index contributed by atoms with van der Waals surface area (Å²) in [6, 6.07) is 2.29. The molecule has 11 heteroatoms. The van der Waals surface area contributed by atoms with Crippen LogP contribution in [0.1, 0.15) is 5.56 Å². The van der Waals surface area contributed by atoms with E-state index in [0.717, 1.165) is 23.0 Å². The summed E-state index contributed by atoms with van der Waals surface area (Å²) >= 11 is 0. The fourth-order valence-corrected chi connectivity index (χ4v) is 2.67. The fourth-order valence-electron chi connectivity index (χ4n) is 1.55. The van der Waals surface area contributed by atoms with Gasteiger partial charge in [0.05, 0.1) is 17.4 Å². The molecule has 0 saturated heterocycles. The zero-order valence-corrected chi connectivity index (χ0v) is 11.2. The van der Waals surface area contributed by atoms with E-state index < -0.39 is 38.3 Å². The first-order chi connectivity index (χ1) is 9.63. The Morgan fingerprint density at radius 1 is 1.29 bits per heavy atom. The Morgan fingerprint density at radius 2 is 1.95 bits per heavy atom. The number of alkyl halides is 3. The van der Waals surface area contributed by atoms with Crippen molar-refractivity contribution >= 4 is 15.7 Å². The van der Waals surface area contributed by atoms with E-state index in [2.05, 4.69) is 10.3 Å². The molecule has 6 nitrogen and oxygen atoms in total. The van der Waals surface area contributed by atoms with Gasteiger partial charge in [-0.2, -0.15) is 21.6 Å². The number of nitrogens with one attached hydrogen (secondary N) is 1. The summed E-state index contributed by atoms with van der Waals surface area (Å²) in [5, 5.41) is 6.29. The third kappa shape index (κ3) is 2.96. The number of nitrogens with zero attached hydrogens (tertiary/aromatic N) is 3. The molecule has 0 aliphatic heterocycles. The van der Waals surface area contributed by atoms with Gasteiger partial charge in [-0.15, -0.1) is 5.10 Å². The summed E-state index contributed by atoms with van der Waals surface area (Å²) in [4.78, 5) is 0. The van der Waals surface area contributed by atoms with Crippen molar-refractivity contribution in [3.8, 4) is 0 Å². The summed E-state index contributed by atoms with van der Waals surface area (Å²) in [6.45, 7) is 0. The molecule has 1 N–H and O–H groups in total. The predicted molar refractivity (Wildman–Crippen MR) is 63.2 cm³/mol. The van der Waals surface area contributed by atoms with Crippen molar-refractivity contribution < 1.29 is 26.0 Å². The van der Waals surface area contributed by atoms with Crippen LogP contribution in [0.5, 0.6) is 0 Å². The van der Waals surface area contributed by atoms with E-state index in [0.29, 0.717) is 6.07 Å². The predicted octanol–water partition coefficient (Wildman–Crippen LogP) is 1.77. The Bertz CT molecular complexity index is 770. The number of halogens is 4. The molecule has 1 aromatic heterocycles. The van der Waals surface area contributed by atoms with Gasteiger partial charge < -0.3 is 0 Å². The van der Waals surface area contributed by atoms with Crippen LogP contribution < -0.4 is 4.72 Å². The van der Waals surface area contributed by atoms with Gasteiger partial charge in [0, 0.05) is 7.05 Å². The van der Waals surface area contributed by atoms with Crippen molar-refractivity contribution in [3.63, 3.8) is 0 Å². The first-order valence-electron chi connectivity index (χ1n) is 5.36. The number of anilines is 1. The Labute approximate surface area is 116 Å². The quantitative estimate of drug-likeness (QED) is 0.873. The monoisotopic (exact) mass is 324 g/mol. The highest BCUT2D eigenvalue weighted by Gasteiger charge is 2.35. The molecule has 0 spiro atoms. The topological polar surface area (TPSA) is 76.9 Å². The lowest BCUT2D eigenvalue weighted by molar-refractivity contribution is -0.139. The molecule has 0 unspecified atom stereocenters. The zero-order chi connectivity index (χ0) is 15.8. The molecule has 0 fully saturated rings. The van der Waals surface area contributed by atoms with Gasteiger partial charge in [-0.3, -0.25) is 4.72 Å². The van der Waals surface area contributed by atoms with Crippen LogP contribution in [0, 0.1) is 5.82 Å². The summed E-state index contributed by atoms with van der Waals surface area (Å²) in [6.07, 6.45) is -4.05. The van der Waals surface area contributed by atoms with Crippen LogP contribution >= 0.6 is 0 Å². The molecule has 1 heterocycles. The highest BCUT2D eigenvalue weighted by atomic mass is 32.2. The average Bonchev–Trinajstić information content (AvgIpc) is 2.77. The summed E-state index contributed by atoms with van der Waals surface area (Å²) in [7, 11) is -3.04. The molecule has 114 valence electrons. The molecule has 0 bridgehead atoms. The summed E-state index contributed by atoms with van der Waals surface area (Å²) < 4.78 is 77.9. The fraction of sp³-hybridized carbons (Fsp3) is 0.200.